The highest BCUT2D eigenvalue weighted by molar-refractivity contribution is 6.39. The summed E-state index contributed by atoms with van der Waals surface area (Å²) < 4.78 is 5.16. The summed E-state index contributed by atoms with van der Waals surface area (Å²) in [5, 5.41) is 7.16. The summed E-state index contributed by atoms with van der Waals surface area (Å²) in [6.45, 7) is 0.974. The van der Waals surface area contributed by atoms with Gasteiger partial charge in [0.1, 0.15) is 6.61 Å². The minimum atomic E-state index is -0.278. The molecule has 0 aliphatic carbocycles. The lowest BCUT2D eigenvalue weighted by atomic mass is 10.1. The van der Waals surface area contributed by atoms with Crippen LogP contribution in [0.2, 0.25) is 10.0 Å². The van der Waals surface area contributed by atoms with E-state index in [1.807, 2.05) is 24.3 Å². The molecule has 0 saturated heterocycles. The van der Waals surface area contributed by atoms with Gasteiger partial charge in [-0.1, -0.05) is 47.5 Å². The van der Waals surface area contributed by atoms with Gasteiger partial charge in [-0.25, -0.2) is 0 Å². The van der Waals surface area contributed by atoms with Crippen molar-refractivity contribution in [1.29, 1.82) is 0 Å². The zero-order valence-electron chi connectivity index (χ0n) is 12.7. The Morgan fingerprint density at radius 2 is 1.78 bits per heavy atom. The number of esters is 1. The third-order valence-electron chi connectivity index (χ3n) is 3.19. The van der Waals surface area contributed by atoms with Crippen molar-refractivity contribution in [2.45, 2.75) is 6.42 Å². The molecule has 0 saturated carbocycles. The Labute approximate surface area is 145 Å². The Morgan fingerprint density at radius 1 is 1.09 bits per heavy atom. The minimum Gasteiger partial charge on any atom is -0.464 e. The van der Waals surface area contributed by atoms with Crippen LogP contribution in [0.15, 0.2) is 42.5 Å². The number of nitrogens with one attached hydrogen (secondary N) is 2. The van der Waals surface area contributed by atoms with Crippen molar-refractivity contribution >= 4 is 40.5 Å². The maximum absolute atomic E-state index is 11.9. The first kappa shape index (κ1) is 17.6. The van der Waals surface area contributed by atoms with Crippen LogP contribution in [0.5, 0.6) is 0 Å². The van der Waals surface area contributed by atoms with Gasteiger partial charge in [0, 0.05) is 12.2 Å². The molecule has 0 bridgehead atoms. The average Bonchev–Trinajstić information content (AvgIpc) is 2.53. The molecular weight excluding hydrogens is 335 g/mol. The zero-order valence-corrected chi connectivity index (χ0v) is 14.2. The van der Waals surface area contributed by atoms with E-state index in [1.54, 1.807) is 25.2 Å². The molecule has 2 rings (SSSR count). The van der Waals surface area contributed by atoms with Crippen LogP contribution in [0.4, 0.5) is 11.4 Å². The van der Waals surface area contributed by atoms with Crippen LogP contribution >= 0.6 is 23.2 Å². The van der Waals surface area contributed by atoms with Crippen LogP contribution in [0.1, 0.15) is 5.56 Å². The minimum absolute atomic E-state index is 0.176. The van der Waals surface area contributed by atoms with Crippen LogP contribution in [-0.2, 0) is 16.0 Å². The Kier molecular flexibility index (Phi) is 6.71. The summed E-state index contributed by atoms with van der Waals surface area (Å²) in [5.41, 5.74) is 2.21. The molecule has 0 aromatic heterocycles. The highest BCUT2D eigenvalue weighted by atomic mass is 35.5. The third-order valence-corrected chi connectivity index (χ3v) is 3.82. The molecule has 2 aromatic carbocycles. The standard InChI is InChI=1S/C17H18Cl2N2O2/c1-20-9-10-23-16(22)11-12-5-2-3-8-15(12)21-17-13(18)6-4-7-14(17)19/h2-8,20-21H,9-11H2,1H3. The van der Waals surface area contributed by atoms with Gasteiger partial charge in [-0.05, 0) is 30.8 Å². The molecule has 0 heterocycles. The fourth-order valence-electron chi connectivity index (χ4n) is 2.02. The van der Waals surface area contributed by atoms with E-state index in [-0.39, 0.29) is 12.4 Å². The first-order valence-electron chi connectivity index (χ1n) is 7.21. The number of benzene rings is 2. The Balaban J connectivity index is 2.13. The summed E-state index contributed by atoms with van der Waals surface area (Å²) in [7, 11) is 1.81. The summed E-state index contributed by atoms with van der Waals surface area (Å²) >= 11 is 12.4. The highest BCUT2D eigenvalue weighted by Gasteiger charge is 2.11. The fourth-order valence-corrected chi connectivity index (χ4v) is 2.51. The van der Waals surface area contributed by atoms with Gasteiger partial charge in [-0.15, -0.1) is 0 Å². The second-order valence-corrected chi connectivity index (χ2v) is 5.69. The second-order valence-electron chi connectivity index (χ2n) is 4.88. The van der Waals surface area contributed by atoms with Gasteiger partial charge in [-0.3, -0.25) is 4.79 Å². The van der Waals surface area contributed by atoms with Crippen LogP contribution in [0.3, 0.4) is 0 Å². The van der Waals surface area contributed by atoms with E-state index in [1.165, 1.54) is 0 Å². The molecule has 0 amide bonds. The van der Waals surface area contributed by atoms with Gasteiger partial charge >= 0.3 is 5.97 Å². The number of ether oxygens (including phenoxy) is 1. The quantitative estimate of drug-likeness (QED) is 0.583. The van der Waals surface area contributed by atoms with E-state index < -0.39 is 0 Å². The van der Waals surface area contributed by atoms with E-state index >= 15 is 0 Å². The third kappa shape index (κ3) is 5.13. The smallest absolute Gasteiger partial charge is 0.310 e. The largest absolute Gasteiger partial charge is 0.464 e. The molecule has 0 atom stereocenters. The van der Waals surface area contributed by atoms with E-state index in [0.717, 1.165) is 11.3 Å². The van der Waals surface area contributed by atoms with Gasteiger partial charge in [0.15, 0.2) is 0 Å². The first-order valence-corrected chi connectivity index (χ1v) is 7.96. The molecule has 0 aliphatic heterocycles. The summed E-state index contributed by atoms with van der Waals surface area (Å²) in [4.78, 5) is 11.9. The molecule has 122 valence electrons. The van der Waals surface area contributed by atoms with E-state index in [9.17, 15) is 4.79 Å². The maximum Gasteiger partial charge on any atom is 0.310 e. The van der Waals surface area contributed by atoms with Crippen molar-refractivity contribution in [3.8, 4) is 0 Å². The normalized spacial score (nSPS) is 10.4. The molecule has 0 unspecified atom stereocenters. The van der Waals surface area contributed by atoms with Crippen LogP contribution in [0, 0.1) is 0 Å². The highest BCUT2D eigenvalue weighted by Crippen LogP contribution is 2.33. The van der Waals surface area contributed by atoms with E-state index in [0.29, 0.717) is 28.9 Å². The lowest BCUT2D eigenvalue weighted by Gasteiger charge is -2.14. The summed E-state index contributed by atoms with van der Waals surface area (Å²) in [6.07, 6.45) is 0.176. The molecule has 0 radical (unpaired) electrons. The second kappa shape index (κ2) is 8.77. The van der Waals surface area contributed by atoms with Crippen molar-refractivity contribution in [2.75, 3.05) is 25.5 Å². The molecule has 2 N–H and O–H groups in total. The van der Waals surface area contributed by atoms with Gasteiger partial charge < -0.3 is 15.4 Å². The van der Waals surface area contributed by atoms with Gasteiger partial charge in [0.2, 0.25) is 0 Å². The molecule has 0 aliphatic rings. The maximum atomic E-state index is 11.9. The van der Waals surface area contributed by atoms with Crippen molar-refractivity contribution in [3.05, 3.63) is 58.1 Å². The SMILES string of the molecule is CNCCOC(=O)Cc1ccccc1Nc1c(Cl)cccc1Cl. The number of halogens is 2. The fraction of sp³-hybridized carbons (Fsp3) is 0.235. The van der Waals surface area contributed by atoms with Crippen LogP contribution in [-0.4, -0.2) is 26.2 Å². The topological polar surface area (TPSA) is 50.4 Å². The zero-order chi connectivity index (χ0) is 16.7. The Bertz CT molecular complexity index is 657. The number of para-hydroxylation sites is 2. The Morgan fingerprint density at radius 3 is 2.48 bits per heavy atom. The van der Waals surface area contributed by atoms with Gasteiger partial charge in [-0.2, -0.15) is 0 Å². The van der Waals surface area contributed by atoms with Gasteiger partial charge in [0.25, 0.3) is 0 Å². The molecule has 4 nitrogen and oxygen atoms in total. The number of hydrogen-bond acceptors (Lipinski definition) is 4. The summed E-state index contributed by atoms with van der Waals surface area (Å²) in [5.74, 6) is -0.278. The monoisotopic (exact) mass is 352 g/mol. The van der Waals surface area contributed by atoms with Crippen molar-refractivity contribution in [1.82, 2.24) is 5.32 Å². The van der Waals surface area contributed by atoms with Crippen molar-refractivity contribution in [2.24, 2.45) is 0 Å². The number of rotatable bonds is 7. The number of carbonyl (C=O) groups excluding carboxylic acids is 1. The lowest BCUT2D eigenvalue weighted by molar-refractivity contribution is -0.142. The predicted molar refractivity (Wildman–Crippen MR) is 94.8 cm³/mol. The first-order chi connectivity index (χ1) is 11.1. The predicted octanol–water partition coefficient (Wildman–Crippen LogP) is 4.04. The molecule has 0 fully saturated rings. The van der Waals surface area contributed by atoms with E-state index in [2.05, 4.69) is 10.6 Å². The molecular formula is C17H18Cl2N2O2. The van der Waals surface area contributed by atoms with Crippen LogP contribution in [0.25, 0.3) is 0 Å². The summed E-state index contributed by atoms with van der Waals surface area (Å²) in [6, 6.07) is 12.8. The van der Waals surface area contributed by atoms with Crippen LogP contribution < -0.4 is 10.6 Å². The molecule has 2 aromatic rings. The van der Waals surface area contributed by atoms with Gasteiger partial charge in [0.05, 0.1) is 22.2 Å². The molecule has 0 spiro atoms. The lowest BCUT2D eigenvalue weighted by Crippen LogP contribution is -2.18. The number of hydrogen-bond donors (Lipinski definition) is 2. The Hall–Kier alpha value is -1.75. The average molecular weight is 353 g/mol. The molecule has 6 heteroatoms. The van der Waals surface area contributed by atoms with E-state index in [4.69, 9.17) is 27.9 Å². The molecule has 23 heavy (non-hydrogen) atoms. The van der Waals surface area contributed by atoms with Crippen molar-refractivity contribution in [3.63, 3.8) is 0 Å². The number of anilines is 2. The number of likely N-dealkylation sites (N-methyl/N-ethyl adjacent to an activating group) is 1. The number of carbonyl (C=O) groups is 1. The van der Waals surface area contributed by atoms with Crippen molar-refractivity contribution < 1.29 is 9.53 Å².